The van der Waals surface area contributed by atoms with Crippen molar-refractivity contribution in [3.05, 3.63) is 76.2 Å². The van der Waals surface area contributed by atoms with Crippen LogP contribution in [0.15, 0.2) is 54.9 Å². The van der Waals surface area contributed by atoms with E-state index < -0.39 is 35.1 Å². The monoisotopic (exact) mass is 638 g/mol. The number of benzene rings is 1. The highest BCUT2D eigenvalue weighted by Gasteiger charge is 2.31. The van der Waals surface area contributed by atoms with Gasteiger partial charge in [0, 0.05) is 48.9 Å². The summed E-state index contributed by atoms with van der Waals surface area (Å²) in [6, 6.07) is 10.7. The fraction of sp³-hybridized carbons (Fsp3) is 0.515. The molecule has 3 N–H and O–H groups in total. The number of amides is 2. The molecular weight excluding hydrogens is 592 g/mol. The fourth-order valence-corrected chi connectivity index (χ4v) is 5.28. The van der Waals surface area contributed by atoms with Crippen LogP contribution in [-0.4, -0.2) is 70.8 Å². The number of rotatable bonds is 20. The van der Waals surface area contributed by atoms with Crippen LogP contribution in [0.2, 0.25) is 0 Å². The van der Waals surface area contributed by atoms with E-state index in [1.54, 1.807) is 31.4 Å². The number of carbonyl (C=O) groups excluding carboxylic acids is 3. The molecule has 13 heteroatoms. The highest BCUT2D eigenvalue weighted by Crippen LogP contribution is 2.22. The second-order valence-electron chi connectivity index (χ2n) is 11.7. The molecule has 2 aromatic heterocycles. The van der Waals surface area contributed by atoms with Gasteiger partial charge in [0.1, 0.15) is 12.1 Å². The summed E-state index contributed by atoms with van der Waals surface area (Å²) in [5, 5.41) is 19.3. The molecule has 0 bridgehead atoms. The summed E-state index contributed by atoms with van der Waals surface area (Å²) in [6.45, 7) is 4.19. The summed E-state index contributed by atoms with van der Waals surface area (Å²) >= 11 is 0. The number of fused-ring (bicyclic) bond motifs is 1. The Labute approximate surface area is 269 Å². The van der Waals surface area contributed by atoms with Crippen molar-refractivity contribution in [2.75, 3.05) is 20.3 Å². The van der Waals surface area contributed by atoms with Gasteiger partial charge in [-0.05, 0) is 62.4 Å². The second kappa shape index (κ2) is 18.4. The maximum atomic E-state index is 13.9. The first kappa shape index (κ1) is 36.0. The number of carbonyl (C=O) groups is 3. The average molecular weight is 639 g/mol. The van der Waals surface area contributed by atoms with Gasteiger partial charge in [0.25, 0.3) is 5.09 Å². The van der Waals surface area contributed by atoms with E-state index in [9.17, 15) is 24.5 Å². The lowest BCUT2D eigenvalue weighted by atomic mass is 10.0. The zero-order valence-corrected chi connectivity index (χ0v) is 27.1. The summed E-state index contributed by atoms with van der Waals surface area (Å²) < 4.78 is 7.52. The molecule has 2 heterocycles. The number of hydrogen-bond donors (Lipinski definition) is 3. The van der Waals surface area contributed by atoms with Crippen LogP contribution in [-0.2, 0) is 43.8 Å². The molecule has 0 aliphatic carbocycles. The molecule has 0 radical (unpaired) electrons. The van der Waals surface area contributed by atoms with E-state index in [4.69, 9.17) is 4.74 Å². The third-order valence-corrected chi connectivity index (χ3v) is 7.63. The largest absolute Gasteiger partial charge is 0.464 e. The van der Waals surface area contributed by atoms with Crippen molar-refractivity contribution in [2.24, 2.45) is 13.0 Å². The molecule has 46 heavy (non-hydrogen) atoms. The van der Waals surface area contributed by atoms with Gasteiger partial charge >= 0.3 is 5.97 Å². The summed E-state index contributed by atoms with van der Waals surface area (Å²) in [6.07, 6.45) is 6.89. The predicted molar refractivity (Wildman–Crippen MR) is 173 cm³/mol. The number of likely N-dealkylation sites (N-methyl/N-ethyl adjacent to an activating group) is 1. The van der Waals surface area contributed by atoms with Crippen molar-refractivity contribution in [3.63, 3.8) is 0 Å². The number of pyridine rings is 1. The Bertz CT molecular complexity index is 1430. The van der Waals surface area contributed by atoms with Crippen LogP contribution in [0.5, 0.6) is 0 Å². The van der Waals surface area contributed by atoms with Crippen molar-refractivity contribution in [2.45, 2.75) is 76.9 Å². The first-order valence-electron chi connectivity index (χ1n) is 15.7. The van der Waals surface area contributed by atoms with Gasteiger partial charge in [-0.25, -0.2) is 4.79 Å². The van der Waals surface area contributed by atoms with Crippen molar-refractivity contribution < 1.29 is 29.0 Å². The zero-order valence-electron chi connectivity index (χ0n) is 27.1. The van der Waals surface area contributed by atoms with Crippen LogP contribution in [0.25, 0.3) is 10.9 Å². The molecule has 13 nitrogen and oxygen atoms in total. The molecule has 0 fully saturated rings. The lowest BCUT2D eigenvalue weighted by molar-refractivity contribution is -0.757. The summed E-state index contributed by atoms with van der Waals surface area (Å²) in [5.41, 5.74) is 2.48. The van der Waals surface area contributed by atoms with E-state index in [0.29, 0.717) is 37.8 Å². The standard InChI is InChI=1S/C33H46N6O7/c1-23(2)19-27(34-3)31(40)36-28(20-24-22-38(4)30-15-8-7-14-26(24)30)32(41)37-29(21-25-13-9-10-16-35-25)33(42)45-17-11-5-6-12-18-46-39(43)44/h7-10,13-16,22-23,27-29,34H,5-6,11-12,17-21H2,1-4H3,(H,36,40)(H,37,41). The predicted octanol–water partition coefficient (Wildman–Crippen LogP) is 3.27. The smallest absolute Gasteiger partial charge is 0.329 e. The Morgan fingerprint density at radius 1 is 0.913 bits per heavy atom. The van der Waals surface area contributed by atoms with Gasteiger partial charge in [0.2, 0.25) is 11.8 Å². The third-order valence-electron chi connectivity index (χ3n) is 7.63. The molecule has 1 aromatic carbocycles. The molecule has 3 unspecified atom stereocenters. The van der Waals surface area contributed by atoms with E-state index in [1.165, 1.54) is 0 Å². The molecule has 2 amide bonds. The molecule has 3 aromatic rings. The van der Waals surface area contributed by atoms with Gasteiger partial charge in [0.15, 0.2) is 0 Å². The first-order chi connectivity index (χ1) is 22.1. The summed E-state index contributed by atoms with van der Waals surface area (Å²) in [5.74, 6) is -1.17. The number of unbranched alkanes of at least 4 members (excludes halogenated alkanes) is 3. The van der Waals surface area contributed by atoms with Gasteiger partial charge in [0.05, 0.1) is 19.3 Å². The SMILES string of the molecule is CNC(CC(C)C)C(=O)NC(Cc1cn(C)c2ccccc12)C(=O)NC(Cc1ccccn1)C(=O)OCCCCCCO[N+](=O)[O-]. The average Bonchev–Trinajstić information content (AvgIpc) is 3.35. The van der Waals surface area contributed by atoms with E-state index >= 15 is 0 Å². The number of para-hydroxylation sites is 1. The topological polar surface area (TPSA) is 167 Å². The molecule has 0 aliphatic heterocycles. The maximum Gasteiger partial charge on any atom is 0.329 e. The lowest BCUT2D eigenvalue weighted by Gasteiger charge is -2.25. The highest BCUT2D eigenvalue weighted by atomic mass is 16.9. The van der Waals surface area contributed by atoms with Crippen LogP contribution in [0, 0.1) is 16.0 Å². The first-order valence-corrected chi connectivity index (χ1v) is 15.7. The molecular formula is C33H46N6O7. The van der Waals surface area contributed by atoms with E-state index in [0.717, 1.165) is 16.5 Å². The van der Waals surface area contributed by atoms with Crippen LogP contribution in [0.1, 0.15) is 57.2 Å². The second-order valence-corrected chi connectivity index (χ2v) is 11.7. The van der Waals surface area contributed by atoms with Gasteiger partial charge in [-0.2, -0.15) is 0 Å². The normalized spacial score (nSPS) is 13.2. The Morgan fingerprint density at radius 2 is 1.59 bits per heavy atom. The molecule has 0 saturated heterocycles. The summed E-state index contributed by atoms with van der Waals surface area (Å²) in [4.78, 5) is 59.5. The van der Waals surface area contributed by atoms with Crippen LogP contribution in [0.4, 0.5) is 0 Å². The number of esters is 1. The molecule has 3 rings (SSSR count). The Hall–Kier alpha value is -4.52. The minimum absolute atomic E-state index is 0.0218. The van der Waals surface area contributed by atoms with E-state index in [2.05, 4.69) is 25.8 Å². The highest BCUT2D eigenvalue weighted by molar-refractivity contribution is 5.93. The molecule has 0 spiro atoms. The Kier molecular flexibility index (Phi) is 14.4. The van der Waals surface area contributed by atoms with Crippen molar-refractivity contribution >= 4 is 28.7 Å². The number of nitrogens with one attached hydrogen (secondary N) is 3. The summed E-state index contributed by atoms with van der Waals surface area (Å²) in [7, 11) is 3.64. The maximum absolute atomic E-state index is 13.9. The van der Waals surface area contributed by atoms with E-state index in [-0.39, 0.29) is 37.9 Å². The molecule has 250 valence electrons. The van der Waals surface area contributed by atoms with Crippen LogP contribution in [0.3, 0.4) is 0 Å². The number of hydrogen-bond acceptors (Lipinski definition) is 9. The quantitative estimate of drug-likeness (QED) is 0.0728. The fourth-order valence-electron chi connectivity index (χ4n) is 5.28. The zero-order chi connectivity index (χ0) is 33.5. The minimum atomic E-state index is -1.04. The van der Waals surface area contributed by atoms with Gasteiger partial charge in [-0.15, -0.1) is 10.1 Å². The minimum Gasteiger partial charge on any atom is -0.464 e. The van der Waals surface area contributed by atoms with Crippen molar-refractivity contribution in [1.29, 1.82) is 0 Å². The Morgan fingerprint density at radius 3 is 2.26 bits per heavy atom. The third kappa shape index (κ3) is 11.4. The van der Waals surface area contributed by atoms with Crippen molar-refractivity contribution in [1.82, 2.24) is 25.5 Å². The van der Waals surface area contributed by atoms with Gasteiger partial charge in [-0.1, -0.05) is 44.5 Å². The molecule has 0 aliphatic rings. The number of ether oxygens (including phenoxy) is 1. The van der Waals surface area contributed by atoms with Crippen LogP contribution < -0.4 is 16.0 Å². The lowest BCUT2D eigenvalue weighted by Crippen LogP contribution is -2.56. The van der Waals surface area contributed by atoms with Gasteiger partial charge < -0.3 is 30.1 Å². The molecule has 3 atom stereocenters. The van der Waals surface area contributed by atoms with Crippen LogP contribution >= 0.6 is 0 Å². The molecule has 0 saturated carbocycles. The number of nitrogens with zero attached hydrogens (tertiary/aromatic N) is 3. The Balaban J connectivity index is 1.76. The van der Waals surface area contributed by atoms with Gasteiger partial charge in [-0.3, -0.25) is 14.6 Å². The van der Waals surface area contributed by atoms with Crippen molar-refractivity contribution in [3.8, 4) is 0 Å². The van der Waals surface area contributed by atoms with E-state index in [1.807, 2.05) is 55.9 Å². The number of aryl methyl sites for hydroxylation is 1. The number of aromatic nitrogens is 2.